The number of allylic oxidation sites excluding steroid dienone is 1. The highest BCUT2D eigenvalue weighted by Crippen LogP contribution is 2.23. The zero-order valence-corrected chi connectivity index (χ0v) is 20.8. The van der Waals surface area contributed by atoms with Gasteiger partial charge >= 0.3 is 11.9 Å². The first kappa shape index (κ1) is 28.6. The highest BCUT2D eigenvalue weighted by atomic mass is 16.6. The van der Waals surface area contributed by atoms with E-state index in [1.165, 1.54) is 64.2 Å². The third-order valence-corrected chi connectivity index (χ3v) is 6.31. The maximum absolute atomic E-state index is 11.9. The summed E-state index contributed by atoms with van der Waals surface area (Å²) in [5.74, 6) is -2.22. The fraction of sp³-hybridized carbons (Fsp3) is 0.846. The molecule has 32 heavy (non-hydrogen) atoms. The molecule has 0 saturated heterocycles. The van der Waals surface area contributed by atoms with E-state index < -0.39 is 23.1 Å². The quantitative estimate of drug-likeness (QED) is 0.175. The predicted molar refractivity (Wildman–Crippen MR) is 131 cm³/mol. The summed E-state index contributed by atoms with van der Waals surface area (Å²) in [6.45, 7) is 8.64. The van der Waals surface area contributed by atoms with Gasteiger partial charge in [0.05, 0.1) is 0 Å². The maximum atomic E-state index is 11.9. The van der Waals surface area contributed by atoms with Crippen molar-refractivity contribution in [2.45, 2.75) is 140 Å². The number of hydrogen-bond acceptors (Lipinski definition) is 5. The summed E-state index contributed by atoms with van der Waals surface area (Å²) in [6.07, 6.45) is 19.6. The van der Waals surface area contributed by atoms with Crippen LogP contribution in [0.1, 0.15) is 117 Å². The van der Waals surface area contributed by atoms with Crippen LogP contribution in [0, 0.1) is 0 Å². The molecule has 0 unspecified atom stereocenters. The molecule has 2 aliphatic carbocycles. The number of rotatable bonds is 10. The number of carbonyl (C=O) groups excluding carboxylic acids is 1. The Morgan fingerprint density at radius 1 is 0.969 bits per heavy atom. The van der Waals surface area contributed by atoms with Gasteiger partial charge in [-0.05, 0) is 65.7 Å². The molecule has 4 N–H and O–H groups in total. The molecule has 1 atom stereocenters. The highest BCUT2D eigenvalue weighted by Gasteiger charge is 2.44. The number of hydrogen-bond donors (Lipinski definition) is 3. The second-order valence-electron chi connectivity index (χ2n) is 10.5. The molecular weight excluding hydrogens is 404 g/mol. The molecule has 186 valence electrons. The lowest BCUT2D eigenvalue weighted by Gasteiger charge is -2.30. The minimum atomic E-state index is -1.96. The van der Waals surface area contributed by atoms with E-state index in [1.54, 1.807) is 26.8 Å². The molecule has 2 saturated carbocycles. The smallest absolute Gasteiger partial charge is 0.338 e. The number of esters is 1. The molecule has 2 fully saturated rings. The standard InChI is InChI=1S/C14H25NO4.C12H23N/c1-5-6-7-8-9-10-14(15,11(16)17)12(18)19-13(2,3)4;1-3-7-11(8-4-1)13-12-9-5-2-6-10-12/h5H,1,6-10,15H2,2-4H3,(H,16,17);11-13H,1-10H2/t14-;/m0./s1. The number of nitrogens with two attached hydrogens (primary N) is 1. The molecule has 0 bridgehead atoms. The van der Waals surface area contributed by atoms with Crippen LogP contribution in [0.4, 0.5) is 0 Å². The fourth-order valence-electron chi connectivity index (χ4n) is 4.41. The Labute approximate surface area is 195 Å². The molecule has 0 aliphatic heterocycles. The number of carboxylic acids is 1. The third kappa shape index (κ3) is 11.5. The minimum Gasteiger partial charge on any atom is -0.479 e. The monoisotopic (exact) mass is 452 g/mol. The molecule has 0 aromatic carbocycles. The van der Waals surface area contributed by atoms with Crippen LogP contribution in [-0.4, -0.2) is 40.3 Å². The Hall–Kier alpha value is -1.40. The Morgan fingerprint density at radius 3 is 1.88 bits per heavy atom. The molecule has 0 heterocycles. The SMILES string of the molecule is C1CCC(NC2CCCCC2)CC1.C=CCCCCC[C@](N)(C(=O)O)C(=O)OC(C)(C)C. The largest absolute Gasteiger partial charge is 0.479 e. The molecule has 0 aromatic heterocycles. The van der Waals surface area contributed by atoms with Gasteiger partial charge in [-0.2, -0.15) is 0 Å². The second-order valence-corrected chi connectivity index (χ2v) is 10.5. The fourth-order valence-corrected chi connectivity index (χ4v) is 4.41. The molecule has 6 heteroatoms. The molecule has 0 aromatic rings. The van der Waals surface area contributed by atoms with E-state index in [4.69, 9.17) is 15.6 Å². The van der Waals surface area contributed by atoms with Gasteiger partial charge in [0.1, 0.15) is 5.60 Å². The van der Waals surface area contributed by atoms with Gasteiger partial charge in [-0.3, -0.25) is 0 Å². The molecule has 0 radical (unpaired) electrons. The van der Waals surface area contributed by atoms with Crippen LogP contribution in [0.2, 0.25) is 0 Å². The molecule has 0 amide bonds. The third-order valence-electron chi connectivity index (χ3n) is 6.31. The Kier molecular flexibility index (Phi) is 13.1. The van der Waals surface area contributed by atoms with Crippen LogP contribution < -0.4 is 11.1 Å². The topological polar surface area (TPSA) is 102 Å². The second kappa shape index (κ2) is 14.7. The first-order chi connectivity index (χ1) is 15.1. The van der Waals surface area contributed by atoms with Crippen LogP contribution in [-0.2, 0) is 14.3 Å². The number of aliphatic carboxylic acids is 1. The van der Waals surface area contributed by atoms with Gasteiger partial charge in [0, 0.05) is 12.1 Å². The van der Waals surface area contributed by atoms with Crippen LogP contribution in [0.15, 0.2) is 12.7 Å². The van der Waals surface area contributed by atoms with Crippen molar-refractivity contribution < 1.29 is 19.4 Å². The van der Waals surface area contributed by atoms with Crippen molar-refractivity contribution >= 4 is 11.9 Å². The summed E-state index contributed by atoms with van der Waals surface area (Å²) >= 11 is 0. The minimum absolute atomic E-state index is 0.0778. The molecule has 0 spiro atoms. The van der Waals surface area contributed by atoms with Crippen molar-refractivity contribution in [1.82, 2.24) is 5.32 Å². The number of nitrogens with one attached hydrogen (secondary N) is 1. The lowest BCUT2D eigenvalue weighted by atomic mass is 9.91. The molecule has 6 nitrogen and oxygen atoms in total. The van der Waals surface area contributed by atoms with Crippen LogP contribution in [0.5, 0.6) is 0 Å². The van der Waals surface area contributed by atoms with Crippen molar-refractivity contribution in [3.8, 4) is 0 Å². The van der Waals surface area contributed by atoms with Gasteiger partial charge in [0.25, 0.3) is 0 Å². The molecular formula is C26H48N2O4. The lowest BCUT2D eigenvalue weighted by molar-refractivity contribution is -0.169. The summed E-state index contributed by atoms with van der Waals surface area (Å²) in [7, 11) is 0. The number of unbranched alkanes of at least 4 members (excludes halogenated alkanes) is 3. The van der Waals surface area contributed by atoms with Crippen molar-refractivity contribution in [2.75, 3.05) is 0 Å². The van der Waals surface area contributed by atoms with Gasteiger partial charge in [-0.15, -0.1) is 6.58 Å². The molecule has 2 rings (SSSR count). The van der Waals surface area contributed by atoms with Gasteiger partial charge in [0.2, 0.25) is 5.54 Å². The Balaban J connectivity index is 0.000000339. The van der Waals surface area contributed by atoms with Crippen molar-refractivity contribution in [2.24, 2.45) is 5.73 Å². The first-order valence-electron chi connectivity index (χ1n) is 12.7. The van der Waals surface area contributed by atoms with Crippen LogP contribution in [0.3, 0.4) is 0 Å². The Morgan fingerprint density at radius 2 is 1.47 bits per heavy atom. The molecule has 2 aliphatic rings. The van der Waals surface area contributed by atoms with Crippen LogP contribution in [0.25, 0.3) is 0 Å². The van der Waals surface area contributed by atoms with E-state index in [-0.39, 0.29) is 6.42 Å². The zero-order valence-electron chi connectivity index (χ0n) is 20.8. The van der Waals surface area contributed by atoms with E-state index in [2.05, 4.69) is 11.9 Å². The summed E-state index contributed by atoms with van der Waals surface area (Å²) < 4.78 is 5.08. The van der Waals surface area contributed by atoms with Gasteiger partial charge < -0.3 is 20.9 Å². The average molecular weight is 453 g/mol. The Bertz CT molecular complexity index is 545. The highest BCUT2D eigenvalue weighted by molar-refractivity contribution is 6.03. The predicted octanol–water partition coefficient (Wildman–Crippen LogP) is 5.49. The zero-order chi connectivity index (χ0) is 24.0. The van der Waals surface area contributed by atoms with Gasteiger partial charge in [-0.25, -0.2) is 9.59 Å². The van der Waals surface area contributed by atoms with E-state index >= 15 is 0 Å². The number of carbonyl (C=O) groups is 2. The van der Waals surface area contributed by atoms with E-state index in [0.29, 0.717) is 6.42 Å². The average Bonchev–Trinajstić information content (AvgIpc) is 2.74. The number of ether oxygens (including phenoxy) is 1. The maximum Gasteiger partial charge on any atom is 0.338 e. The normalized spacial score (nSPS) is 19.9. The summed E-state index contributed by atoms with van der Waals surface area (Å²) in [4.78, 5) is 23.1. The van der Waals surface area contributed by atoms with Crippen molar-refractivity contribution in [3.63, 3.8) is 0 Å². The van der Waals surface area contributed by atoms with E-state index in [9.17, 15) is 9.59 Å². The van der Waals surface area contributed by atoms with Crippen LogP contribution >= 0.6 is 0 Å². The number of carboxylic acid groups (broad SMARTS) is 1. The first-order valence-corrected chi connectivity index (χ1v) is 12.7. The van der Waals surface area contributed by atoms with E-state index in [1.807, 2.05) is 0 Å². The van der Waals surface area contributed by atoms with E-state index in [0.717, 1.165) is 31.3 Å². The van der Waals surface area contributed by atoms with Crippen molar-refractivity contribution in [1.29, 1.82) is 0 Å². The summed E-state index contributed by atoms with van der Waals surface area (Å²) in [5.41, 5.74) is 3.01. The summed E-state index contributed by atoms with van der Waals surface area (Å²) in [6, 6.07) is 1.74. The van der Waals surface area contributed by atoms with Crippen molar-refractivity contribution in [3.05, 3.63) is 12.7 Å². The summed E-state index contributed by atoms with van der Waals surface area (Å²) in [5, 5.41) is 13.0. The lowest BCUT2D eigenvalue weighted by Crippen LogP contribution is -2.57. The van der Waals surface area contributed by atoms with Gasteiger partial charge in [-0.1, -0.05) is 57.4 Å². The van der Waals surface area contributed by atoms with Gasteiger partial charge in [0.15, 0.2) is 0 Å².